The van der Waals surface area contributed by atoms with E-state index in [4.69, 9.17) is 10.3 Å². The van der Waals surface area contributed by atoms with Gasteiger partial charge in [-0.05, 0) is 33.9 Å². The molecule has 0 saturated carbocycles. The minimum atomic E-state index is -0.538. The van der Waals surface area contributed by atoms with Crippen LogP contribution >= 0.6 is 0 Å². The highest BCUT2D eigenvalue weighted by molar-refractivity contribution is 4.98. The lowest BCUT2D eigenvalue weighted by molar-refractivity contribution is 0.262. The monoisotopic (exact) mass is 226 g/mol. The fraction of sp³-hybridized carbons (Fsp3) is 0.818. The van der Waals surface area contributed by atoms with Crippen molar-refractivity contribution in [3.63, 3.8) is 0 Å². The van der Waals surface area contributed by atoms with Crippen molar-refractivity contribution in [3.8, 4) is 0 Å². The SMILES string of the molecule is CCCCN(C)Cc1nc(C(C)(C)N)no1. The van der Waals surface area contributed by atoms with Crippen molar-refractivity contribution in [2.75, 3.05) is 13.6 Å². The number of hydrogen-bond donors (Lipinski definition) is 1. The predicted octanol–water partition coefficient (Wildman–Crippen LogP) is 1.50. The van der Waals surface area contributed by atoms with Crippen molar-refractivity contribution in [1.29, 1.82) is 0 Å². The standard InChI is InChI=1S/C11H22N4O/c1-5-6-7-15(4)8-9-13-10(14-16-9)11(2,3)12/h5-8,12H2,1-4H3. The number of nitrogens with two attached hydrogens (primary N) is 1. The molecule has 5 nitrogen and oxygen atoms in total. The molecule has 5 heteroatoms. The smallest absolute Gasteiger partial charge is 0.240 e. The van der Waals surface area contributed by atoms with Crippen LogP contribution < -0.4 is 5.73 Å². The van der Waals surface area contributed by atoms with Gasteiger partial charge in [-0.25, -0.2) is 0 Å². The lowest BCUT2D eigenvalue weighted by Gasteiger charge is -2.13. The van der Waals surface area contributed by atoms with Gasteiger partial charge in [0, 0.05) is 0 Å². The van der Waals surface area contributed by atoms with Gasteiger partial charge >= 0.3 is 0 Å². The maximum Gasteiger partial charge on any atom is 0.240 e. The molecule has 0 unspecified atom stereocenters. The summed E-state index contributed by atoms with van der Waals surface area (Å²) in [4.78, 5) is 6.46. The van der Waals surface area contributed by atoms with E-state index in [9.17, 15) is 0 Å². The Kier molecular flexibility index (Phi) is 4.44. The van der Waals surface area contributed by atoms with Crippen LogP contribution in [-0.2, 0) is 12.1 Å². The van der Waals surface area contributed by atoms with E-state index >= 15 is 0 Å². The zero-order valence-corrected chi connectivity index (χ0v) is 10.7. The Hall–Kier alpha value is -0.940. The number of hydrogen-bond acceptors (Lipinski definition) is 5. The van der Waals surface area contributed by atoms with Crippen LogP contribution in [0.2, 0.25) is 0 Å². The third-order valence-electron chi connectivity index (χ3n) is 2.34. The zero-order valence-electron chi connectivity index (χ0n) is 10.7. The molecular weight excluding hydrogens is 204 g/mol. The summed E-state index contributed by atoms with van der Waals surface area (Å²) < 4.78 is 5.16. The van der Waals surface area contributed by atoms with Crippen molar-refractivity contribution < 1.29 is 4.52 Å². The summed E-state index contributed by atoms with van der Waals surface area (Å²) in [6.07, 6.45) is 2.37. The van der Waals surface area contributed by atoms with Crippen LogP contribution in [0, 0.1) is 0 Å². The van der Waals surface area contributed by atoms with E-state index in [1.165, 1.54) is 12.8 Å². The third kappa shape index (κ3) is 3.90. The minimum Gasteiger partial charge on any atom is -0.338 e. The summed E-state index contributed by atoms with van der Waals surface area (Å²) in [7, 11) is 2.05. The molecule has 0 aliphatic rings. The van der Waals surface area contributed by atoms with Crippen LogP contribution in [0.1, 0.15) is 45.3 Å². The van der Waals surface area contributed by atoms with Crippen molar-refractivity contribution in [3.05, 3.63) is 11.7 Å². The lowest BCUT2D eigenvalue weighted by atomic mass is 10.1. The van der Waals surface area contributed by atoms with Crippen molar-refractivity contribution in [1.82, 2.24) is 15.0 Å². The normalized spacial score (nSPS) is 12.4. The molecule has 2 N–H and O–H groups in total. The summed E-state index contributed by atoms with van der Waals surface area (Å²) in [6, 6.07) is 0. The maximum absolute atomic E-state index is 5.88. The van der Waals surface area contributed by atoms with Crippen LogP contribution in [0.25, 0.3) is 0 Å². The molecule has 92 valence electrons. The molecule has 1 heterocycles. The van der Waals surface area contributed by atoms with Gasteiger partial charge in [0.05, 0.1) is 12.1 Å². The molecule has 1 aromatic rings. The zero-order chi connectivity index (χ0) is 12.2. The maximum atomic E-state index is 5.88. The van der Waals surface area contributed by atoms with Gasteiger partial charge in [-0.1, -0.05) is 18.5 Å². The molecule has 0 radical (unpaired) electrons. The van der Waals surface area contributed by atoms with Gasteiger partial charge in [-0.2, -0.15) is 4.98 Å². The van der Waals surface area contributed by atoms with Crippen LogP contribution in [-0.4, -0.2) is 28.6 Å². The van der Waals surface area contributed by atoms with E-state index in [1.807, 2.05) is 20.9 Å². The first-order valence-corrected chi connectivity index (χ1v) is 5.74. The molecule has 0 aliphatic heterocycles. The first kappa shape index (κ1) is 13.1. The average molecular weight is 226 g/mol. The fourth-order valence-electron chi connectivity index (χ4n) is 1.32. The second kappa shape index (κ2) is 5.41. The number of unbranched alkanes of at least 4 members (excludes halogenated alkanes) is 1. The number of rotatable bonds is 6. The van der Waals surface area contributed by atoms with Crippen molar-refractivity contribution >= 4 is 0 Å². The van der Waals surface area contributed by atoms with Crippen molar-refractivity contribution in [2.45, 2.75) is 45.7 Å². The lowest BCUT2D eigenvalue weighted by Crippen LogP contribution is -2.30. The second-order valence-electron chi connectivity index (χ2n) is 4.82. The molecule has 16 heavy (non-hydrogen) atoms. The van der Waals surface area contributed by atoms with E-state index in [0.29, 0.717) is 18.3 Å². The number of nitrogens with zero attached hydrogens (tertiary/aromatic N) is 3. The summed E-state index contributed by atoms with van der Waals surface area (Å²) >= 11 is 0. The molecule has 1 aromatic heterocycles. The summed E-state index contributed by atoms with van der Waals surface area (Å²) in [6.45, 7) is 7.63. The fourth-order valence-corrected chi connectivity index (χ4v) is 1.32. The van der Waals surface area contributed by atoms with Gasteiger partial charge in [-0.3, -0.25) is 4.90 Å². The second-order valence-corrected chi connectivity index (χ2v) is 4.82. The van der Waals surface area contributed by atoms with Crippen LogP contribution in [0.5, 0.6) is 0 Å². The Morgan fingerprint density at radius 2 is 2.12 bits per heavy atom. The number of aromatic nitrogens is 2. The molecule has 0 amide bonds. The molecule has 0 spiro atoms. The largest absolute Gasteiger partial charge is 0.338 e. The molecule has 0 saturated heterocycles. The Morgan fingerprint density at radius 3 is 2.62 bits per heavy atom. The van der Waals surface area contributed by atoms with E-state index in [2.05, 4.69) is 22.0 Å². The van der Waals surface area contributed by atoms with Crippen LogP contribution in [0.3, 0.4) is 0 Å². The highest BCUT2D eigenvalue weighted by atomic mass is 16.5. The quantitative estimate of drug-likeness (QED) is 0.796. The molecule has 1 rings (SSSR count). The Morgan fingerprint density at radius 1 is 1.44 bits per heavy atom. The Labute approximate surface area is 97.0 Å². The first-order valence-electron chi connectivity index (χ1n) is 5.74. The van der Waals surface area contributed by atoms with E-state index in [1.54, 1.807) is 0 Å². The third-order valence-corrected chi connectivity index (χ3v) is 2.34. The topological polar surface area (TPSA) is 68.2 Å². The van der Waals surface area contributed by atoms with Gasteiger partial charge in [0.1, 0.15) is 0 Å². The van der Waals surface area contributed by atoms with Gasteiger partial charge < -0.3 is 10.3 Å². The highest BCUT2D eigenvalue weighted by Gasteiger charge is 2.21. The summed E-state index contributed by atoms with van der Waals surface area (Å²) in [5.41, 5.74) is 5.34. The van der Waals surface area contributed by atoms with Crippen LogP contribution in [0.4, 0.5) is 0 Å². The molecule has 0 aliphatic carbocycles. The molecule has 0 aromatic carbocycles. The molecular formula is C11H22N4O. The van der Waals surface area contributed by atoms with Crippen molar-refractivity contribution in [2.24, 2.45) is 5.73 Å². The Bertz CT molecular complexity index is 316. The average Bonchev–Trinajstić information content (AvgIpc) is 2.62. The first-order chi connectivity index (χ1) is 7.43. The van der Waals surface area contributed by atoms with Gasteiger partial charge in [0.15, 0.2) is 5.82 Å². The van der Waals surface area contributed by atoms with Gasteiger partial charge in [0.25, 0.3) is 0 Å². The molecule has 0 atom stereocenters. The predicted molar refractivity (Wildman–Crippen MR) is 62.8 cm³/mol. The van der Waals surface area contributed by atoms with E-state index in [0.717, 1.165) is 6.54 Å². The minimum absolute atomic E-state index is 0.538. The summed E-state index contributed by atoms with van der Waals surface area (Å²) in [5.74, 6) is 1.19. The van der Waals surface area contributed by atoms with Crippen LogP contribution in [0.15, 0.2) is 4.52 Å². The van der Waals surface area contributed by atoms with Gasteiger partial charge in [0.2, 0.25) is 5.89 Å². The van der Waals surface area contributed by atoms with E-state index in [-0.39, 0.29) is 0 Å². The Balaban J connectivity index is 2.52. The van der Waals surface area contributed by atoms with Gasteiger partial charge in [-0.15, -0.1) is 0 Å². The molecule has 0 bridgehead atoms. The van der Waals surface area contributed by atoms with E-state index < -0.39 is 5.54 Å². The molecule has 0 fully saturated rings. The summed E-state index contributed by atoms with van der Waals surface area (Å²) in [5, 5.41) is 3.88. The highest BCUT2D eigenvalue weighted by Crippen LogP contribution is 2.13.